The van der Waals surface area contributed by atoms with Crippen LogP contribution in [0.25, 0.3) is 0 Å². The summed E-state index contributed by atoms with van der Waals surface area (Å²) in [5, 5.41) is 16.8. The van der Waals surface area contributed by atoms with Gasteiger partial charge in [0, 0.05) is 10.4 Å². The number of carbonyl (C=O) groups excluding carboxylic acids is 1. The molecule has 3 aromatic rings. The molecular weight excluding hydrogens is 350 g/mol. The van der Waals surface area contributed by atoms with Crippen molar-refractivity contribution in [2.45, 2.75) is 31.8 Å². The Hall–Kier alpha value is -1.95. The molecule has 0 saturated carbocycles. The van der Waals surface area contributed by atoms with Gasteiger partial charge in [-0.05, 0) is 48.3 Å². The molecule has 0 saturated heterocycles. The molecule has 0 bridgehead atoms. The zero-order valence-electron chi connectivity index (χ0n) is 13.7. The van der Waals surface area contributed by atoms with Crippen molar-refractivity contribution in [2.24, 2.45) is 0 Å². The number of nitrogens with one attached hydrogen (secondary N) is 1. The van der Waals surface area contributed by atoms with Gasteiger partial charge in [0.2, 0.25) is 0 Å². The van der Waals surface area contributed by atoms with Crippen LogP contribution in [-0.2, 0) is 12.8 Å². The third kappa shape index (κ3) is 3.27. The fraction of sp³-hybridized carbons (Fsp3) is 0.250. The zero-order valence-corrected chi connectivity index (χ0v) is 15.3. The number of thiophene rings is 2. The van der Waals surface area contributed by atoms with E-state index >= 15 is 0 Å². The Morgan fingerprint density at radius 1 is 1.08 bits per heavy atom. The fourth-order valence-corrected chi connectivity index (χ4v) is 5.28. The lowest BCUT2D eigenvalue weighted by molar-refractivity contribution is 0.103. The minimum absolute atomic E-state index is 0.102. The van der Waals surface area contributed by atoms with Crippen molar-refractivity contribution in [1.29, 1.82) is 0 Å². The van der Waals surface area contributed by atoms with Crippen LogP contribution in [0.1, 0.15) is 50.2 Å². The van der Waals surface area contributed by atoms with Crippen molar-refractivity contribution < 1.29 is 9.90 Å². The highest BCUT2D eigenvalue weighted by molar-refractivity contribution is 7.17. The van der Waals surface area contributed by atoms with Gasteiger partial charge in [0.15, 0.2) is 0 Å². The van der Waals surface area contributed by atoms with Crippen LogP contribution in [0.2, 0.25) is 0 Å². The number of hydrogen-bond donors (Lipinski definition) is 2. The maximum atomic E-state index is 12.5. The van der Waals surface area contributed by atoms with Gasteiger partial charge in [0.25, 0.3) is 5.91 Å². The molecule has 5 heteroatoms. The number of amides is 1. The molecule has 25 heavy (non-hydrogen) atoms. The molecule has 1 aromatic carbocycles. The molecule has 1 amide bonds. The summed E-state index contributed by atoms with van der Waals surface area (Å²) in [6, 6.07) is 13.4. The van der Waals surface area contributed by atoms with E-state index in [1.165, 1.54) is 28.2 Å². The van der Waals surface area contributed by atoms with Gasteiger partial charge in [-0.25, -0.2) is 0 Å². The van der Waals surface area contributed by atoms with Gasteiger partial charge in [-0.2, -0.15) is 0 Å². The van der Waals surface area contributed by atoms with Crippen molar-refractivity contribution in [3.63, 3.8) is 0 Å². The van der Waals surface area contributed by atoms with Crippen LogP contribution in [0.3, 0.4) is 0 Å². The first-order chi connectivity index (χ1) is 12.2. The number of benzene rings is 1. The van der Waals surface area contributed by atoms with Crippen LogP contribution in [0.4, 0.5) is 5.00 Å². The molecule has 1 aliphatic rings. The summed E-state index contributed by atoms with van der Waals surface area (Å²) in [7, 11) is 0. The Balaban J connectivity index is 1.73. The molecule has 3 nitrogen and oxygen atoms in total. The van der Waals surface area contributed by atoms with Gasteiger partial charge >= 0.3 is 0 Å². The Bertz CT molecular complexity index is 869. The molecule has 2 aromatic heterocycles. The van der Waals surface area contributed by atoms with Crippen LogP contribution in [0, 0.1) is 0 Å². The van der Waals surface area contributed by atoms with E-state index < -0.39 is 6.10 Å². The van der Waals surface area contributed by atoms with Gasteiger partial charge in [0.1, 0.15) is 11.1 Å². The largest absolute Gasteiger partial charge is 0.384 e. The van der Waals surface area contributed by atoms with Gasteiger partial charge in [-0.1, -0.05) is 36.4 Å². The minimum Gasteiger partial charge on any atom is -0.384 e. The summed E-state index contributed by atoms with van der Waals surface area (Å²) in [5.74, 6) is -0.102. The molecular formula is C20H19NO2S2. The molecule has 1 atom stereocenters. The Morgan fingerprint density at radius 3 is 2.64 bits per heavy atom. The van der Waals surface area contributed by atoms with E-state index in [9.17, 15) is 9.90 Å². The number of carbonyl (C=O) groups is 1. The fourth-order valence-electron chi connectivity index (χ4n) is 3.35. The van der Waals surface area contributed by atoms with Crippen molar-refractivity contribution in [3.05, 3.63) is 74.3 Å². The average Bonchev–Trinajstić information content (AvgIpc) is 3.29. The molecule has 0 radical (unpaired) electrons. The first kappa shape index (κ1) is 16.5. The highest BCUT2D eigenvalue weighted by Gasteiger charge is 2.27. The lowest BCUT2D eigenvalue weighted by Crippen LogP contribution is -2.13. The summed E-state index contributed by atoms with van der Waals surface area (Å²) in [6.07, 6.45) is 3.60. The maximum absolute atomic E-state index is 12.5. The lowest BCUT2D eigenvalue weighted by atomic mass is 9.91. The van der Waals surface area contributed by atoms with Gasteiger partial charge in [-0.15, -0.1) is 22.7 Å². The SMILES string of the molecule is O=C(Nc1sc2c(c1[C@@H](O)c1ccccc1)CCCC2)c1cccs1. The third-order valence-corrected chi connectivity index (χ3v) is 6.66. The first-order valence-electron chi connectivity index (χ1n) is 8.46. The summed E-state index contributed by atoms with van der Waals surface area (Å²) >= 11 is 3.05. The average molecular weight is 370 g/mol. The molecule has 0 unspecified atom stereocenters. The van der Waals surface area contributed by atoms with E-state index in [-0.39, 0.29) is 5.91 Å². The Labute approximate surface area is 155 Å². The van der Waals surface area contributed by atoms with E-state index in [2.05, 4.69) is 5.32 Å². The van der Waals surface area contributed by atoms with Crippen LogP contribution < -0.4 is 5.32 Å². The Morgan fingerprint density at radius 2 is 1.88 bits per heavy atom. The maximum Gasteiger partial charge on any atom is 0.266 e. The summed E-state index contributed by atoms with van der Waals surface area (Å²) in [4.78, 5) is 14.5. The predicted molar refractivity (Wildman–Crippen MR) is 104 cm³/mol. The van der Waals surface area contributed by atoms with Crippen LogP contribution >= 0.6 is 22.7 Å². The Kier molecular flexibility index (Phi) is 4.70. The molecule has 0 aliphatic heterocycles. The van der Waals surface area contributed by atoms with E-state index in [1.807, 2.05) is 47.8 Å². The van der Waals surface area contributed by atoms with Gasteiger partial charge in [0.05, 0.1) is 4.88 Å². The van der Waals surface area contributed by atoms with Crippen LogP contribution in [0.5, 0.6) is 0 Å². The molecule has 0 fully saturated rings. The van der Waals surface area contributed by atoms with E-state index in [1.54, 1.807) is 11.3 Å². The smallest absolute Gasteiger partial charge is 0.266 e. The van der Waals surface area contributed by atoms with Crippen LogP contribution in [-0.4, -0.2) is 11.0 Å². The summed E-state index contributed by atoms with van der Waals surface area (Å²) < 4.78 is 0. The molecule has 2 heterocycles. The zero-order chi connectivity index (χ0) is 17.2. The molecule has 128 valence electrons. The lowest BCUT2D eigenvalue weighted by Gasteiger charge is -2.18. The van der Waals surface area contributed by atoms with Gasteiger partial charge < -0.3 is 10.4 Å². The van der Waals surface area contributed by atoms with Gasteiger partial charge in [-0.3, -0.25) is 4.79 Å². The molecule has 4 rings (SSSR count). The summed E-state index contributed by atoms with van der Waals surface area (Å²) in [6.45, 7) is 0. The normalized spacial score (nSPS) is 14.8. The standard InChI is InChI=1S/C20H19NO2S2/c22-18(13-7-2-1-3-8-13)17-14-9-4-5-10-15(14)25-20(17)21-19(23)16-11-6-12-24-16/h1-3,6-8,11-12,18,22H,4-5,9-10H2,(H,21,23)/t18-/m0/s1. The monoisotopic (exact) mass is 369 g/mol. The molecule has 2 N–H and O–H groups in total. The highest BCUT2D eigenvalue weighted by Crippen LogP contribution is 2.43. The number of aryl methyl sites for hydroxylation is 1. The van der Waals surface area contributed by atoms with Crippen LogP contribution in [0.15, 0.2) is 47.8 Å². The van der Waals surface area contributed by atoms with E-state index in [4.69, 9.17) is 0 Å². The second-order valence-corrected chi connectivity index (χ2v) is 8.25. The topological polar surface area (TPSA) is 49.3 Å². The second kappa shape index (κ2) is 7.12. The first-order valence-corrected chi connectivity index (χ1v) is 10.2. The molecule has 0 spiro atoms. The van der Waals surface area contributed by atoms with E-state index in [0.29, 0.717) is 4.88 Å². The number of anilines is 1. The number of hydrogen-bond acceptors (Lipinski definition) is 4. The quantitative estimate of drug-likeness (QED) is 0.678. The second-order valence-electron chi connectivity index (χ2n) is 6.20. The minimum atomic E-state index is -0.710. The number of rotatable bonds is 4. The predicted octanol–water partition coefficient (Wildman–Crippen LogP) is 5.02. The van der Waals surface area contributed by atoms with Crippen molar-refractivity contribution in [3.8, 4) is 0 Å². The highest BCUT2D eigenvalue weighted by atomic mass is 32.1. The van der Waals surface area contributed by atoms with Crippen molar-refractivity contribution in [2.75, 3.05) is 5.32 Å². The summed E-state index contributed by atoms with van der Waals surface area (Å²) in [5.41, 5.74) is 2.98. The van der Waals surface area contributed by atoms with Crippen molar-refractivity contribution >= 4 is 33.6 Å². The number of aliphatic hydroxyl groups is 1. The number of aliphatic hydroxyl groups excluding tert-OH is 1. The number of fused-ring (bicyclic) bond motifs is 1. The molecule has 1 aliphatic carbocycles. The third-order valence-electron chi connectivity index (χ3n) is 4.57. The van der Waals surface area contributed by atoms with Crippen molar-refractivity contribution in [1.82, 2.24) is 0 Å². The van der Waals surface area contributed by atoms with E-state index in [0.717, 1.165) is 35.4 Å².